The smallest absolute Gasteiger partial charge is 0.326 e. The van der Waals surface area contributed by atoms with Gasteiger partial charge in [-0.25, -0.2) is 9.78 Å². The second-order valence-corrected chi connectivity index (χ2v) is 8.71. The van der Waals surface area contributed by atoms with E-state index in [0.717, 1.165) is 0 Å². The van der Waals surface area contributed by atoms with Crippen molar-refractivity contribution in [3.05, 3.63) is 18.2 Å². The molecule has 0 saturated carbocycles. The van der Waals surface area contributed by atoms with Crippen LogP contribution in [-0.4, -0.2) is 80.3 Å². The molecular weight excluding hydrogens is 446 g/mol. The molecule has 34 heavy (non-hydrogen) atoms. The van der Waals surface area contributed by atoms with E-state index in [-0.39, 0.29) is 31.7 Å². The molecule has 2 heterocycles. The first-order chi connectivity index (χ1) is 16.0. The van der Waals surface area contributed by atoms with Crippen molar-refractivity contribution in [2.45, 2.75) is 70.1 Å². The van der Waals surface area contributed by atoms with Crippen molar-refractivity contribution in [3.8, 4) is 0 Å². The summed E-state index contributed by atoms with van der Waals surface area (Å²) in [7, 11) is 0. The molecular formula is C21H33N7O6. The third-order valence-corrected chi connectivity index (χ3v) is 5.75. The van der Waals surface area contributed by atoms with Crippen LogP contribution in [0.2, 0.25) is 0 Å². The first kappa shape index (κ1) is 26.8. The lowest BCUT2D eigenvalue weighted by Crippen LogP contribution is -2.58. The minimum absolute atomic E-state index is 0.0232. The van der Waals surface area contributed by atoms with Crippen molar-refractivity contribution in [1.29, 1.82) is 0 Å². The molecule has 0 spiro atoms. The Hall–Kier alpha value is -3.48. The molecule has 1 aromatic heterocycles. The lowest BCUT2D eigenvalue weighted by atomic mass is 10.0. The molecule has 4 amide bonds. The van der Waals surface area contributed by atoms with E-state index in [9.17, 15) is 29.1 Å². The van der Waals surface area contributed by atoms with Gasteiger partial charge in [0.1, 0.15) is 18.1 Å². The normalized spacial score (nSPS) is 18.2. The van der Waals surface area contributed by atoms with E-state index in [1.54, 1.807) is 13.8 Å². The van der Waals surface area contributed by atoms with Crippen molar-refractivity contribution in [2.24, 2.45) is 17.4 Å². The number of aromatic amines is 1. The summed E-state index contributed by atoms with van der Waals surface area (Å²) >= 11 is 0. The number of aliphatic carboxylic acids is 1. The molecule has 1 aliphatic rings. The summed E-state index contributed by atoms with van der Waals surface area (Å²) in [6.07, 6.45) is 3.49. The Morgan fingerprint density at radius 3 is 2.44 bits per heavy atom. The van der Waals surface area contributed by atoms with Gasteiger partial charge in [0.25, 0.3) is 0 Å². The van der Waals surface area contributed by atoms with Crippen LogP contribution in [0.3, 0.4) is 0 Å². The Morgan fingerprint density at radius 1 is 1.21 bits per heavy atom. The van der Waals surface area contributed by atoms with Gasteiger partial charge in [0.2, 0.25) is 23.6 Å². The molecule has 13 heteroatoms. The second kappa shape index (κ2) is 12.1. The SMILES string of the molecule is CC(C)C(N)C(=O)NC(CCC(N)=O)C(=O)NC(Cc1cnc[nH]1)C(=O)N1CCCC1C(=O)O. The molecule has 4 unspecified atom stereocenters. The lowest BCUT2D eigenvalue weighted by molar-refractivity contribution is -0.149. The van der Waals surface area contributed by atoms with Crippen LogP contribution in [-0.2, 0) is 30.4 Å². The van der Waals surface area contributed by atoms with E-state index < -0.39 is 53.8 Å². The zero-order valence-electron chi connectivity index (χ0n) is 19.3. The number of nitrogens with zero attached hydrogens (tertiary/aromatic N) is 2. The maximum absolute atomic E-state index is 13.3. The van der Waals surface area contributed by atoms with Crippen LogP contribution >= 0.6 is 0 Å². The van der Waals surface area contributed by atoms with E-state index in [4.69, 9.17) is 11.5 Å². The molecule has 1 aromatic rings. The topological polar surface area (TPSA) is 214 Å². The molecule has 8 N–H and O–H groups in total. The summed E-state index contributed by atoms with van der Waals surface area (Å²) in [4.78, 5) is 69.7. The van der Waals surface area contributed by atoms with Crippen LogP contribution < -0.4 is 22.1 Å². The van der Waals surface area contributed by atoms with Gasteiger partial charge in [-0.3, -0.25) is 19.2 Å². The monoisotopic (exact) mass is 479 g/mol. The van der Waals surface area contributed by atoms with E-state index in [2.05, 4.69) is 20.6 Å². The Kier molecular flexibility index (Phi) is 9.54. The number of hydrogen-bond donors (Lipinski definition) is 6. The van der Waals surface area contributed by atoms with Gasteiger partial charge in [-0.1, -0.05) is 13.8 Å². The Bertz CT molecular complexity index is 888. The highest BCUT2D eigenvalue weighted by Gasteiger charge is 2.38. The second-order valence-electron chi connectivity index (χ2n) is 8.71. The summed E-state index contributed by atoms with van der Waals surface area (Å²) in [6.45, 7) is 3.74. The number of nitrogens with two attached hydrogens (primary N) is 2. The maximum Gasteiger partial charge on any atom is 0.326 e. The highest BCUT2D eigenvalue weighted by Crippen LogP contribution is 2.19. The number of amides is 4. The van der Waals surface area contributed by atoms with Crippen molar-refractivity contribution < 1.29 is 29.1 Å². The van der Waals surface area contributed by atoms with Crippen molar-refractivity contribution >= 4 is 29.6 Å². The number of imidazole rings is 1. The highest BCUT2D eigenvalue weighted by molar-refractivity contribution is 5.94. The number of primary amides is 1. The van der Waals surface area contributed by atoms with E-state index >= 15 is 0 Å². The van der Waals surface area contributed by atoms with Crippen molar-refractivity contribution in [1.82, 2.24) is 25.5 Å². The number of carboxylic acid groups (broad SMARTS) is 1. The largest absolute Gasteiger partial charge is 0.480 e. The Morgan fingerprint density at radius 2 is 1.88 bits per heavy atom. The van der Waals surface area contributed by atoms with E-state index in [1.807, 2.05) is 0 Å². The number of rotatable bonds is 12. The first-order valence-corrected chi connectivity index (χ1v) is 11.2. The number of carboxylic acids is 1. The van der Waals surface area contributed by atoms with E-state index in [0.29, 0.717) is 18.5 Å². The van der Waals surface area contributed by atoms with Gasteiger partial charge < -0.3 is 37.1 Å². The van der Waals surface area contributed by atoms with Crippen LogP contribution in [0.15, 0.2) is 12.5 Å². The fourth-order valence-corrected chi connectivity index (χ4v) is 3.70. The minimum atomic E-state index is -1.17. The summed E-state index contributed by atoms with van der Waals surface area (Å²) in [6, 6.07) is -4.16. The number of nitrogens with one attached hydrogen (secondary N) is 3. The van der Waals surface area contributed by atoms with Gasteiger partial charge in [-0.05, 0) is 25.2 Å². The van der Waals surface area contributed by atoms with Gasteiger partial charge in [-0.15, -0.1) is 0 Å². The number of likely N-dealkylation sites (tertiary alicyclic amines) is 1. The summed E-state index contributed by atoms with van der Waals surface area (Å²) in [5, 5.41) is 14.6. The van der Waals surface area contributed by atoms with Crippen molar-refractivity contribution in [3.63, 3.8) is 0 Å². The predicted octanol–water partition coefficient (Wildman–Crippen LogP) is -1.75. The lowest BCUT2D eigenvalue weighted by Gasteiger charge is -2.29. The summed E-state index contributed by atoms with van der Waals surface area (Å²) in [5.74, 6) is -3.83. The quantitative estimate of drug-likeness (QED) is 0.202. The number of carbonyl (C=O) groups is 5. The van der Waals surface area contributed by atoms with Crippen LogP contribution in [0, 0.1) is 5.92 Å². The maximum atomic E-state index is 13.3. The van der Waals surface area contributed by atoms with Crippen LogP contribution in [0.4, 0.5) is 0 Å². The van der Waals surface area contributed by atoms with Crippen LogP contribution in [0.5, 0.6) is 0 Å². The molecule has 0 aliphatic carbocycles. The van der Waals surface area contributed by atoms with Crippen LogP contribution in [0.25, 0.3) is 0 Å². The highest BCUT2D eigenvalue weighted by atomic mass is 16.4. The summed E-state index contributed by atoms with van der Waals surface area (Å²) < 4.78 is 0. The van der Waals surface area contributed by atoms with Gasteiger partial charge >= 0.3 is 5.97 Å². The molecule has 1 aliphatic heterocycles. The number of hydrogen-bond acceptors (Lipinski definition) is 7. The van der Waals surface area contributed by atoms with Gasteiger partial charge in [0, 0.05) is 31.3 Å². The molecule has 0 aromatic carbocycles. The van der Waals surface area contributed by atoms with Gasteiger partial charge in [0.15, 0.2) is 0 Å². The van der Waals surface area contributed by atoms with E-state index in [1.165, 1.54) is 17.4 Å². The predicted molar refractivity (Wildman–Crippen MR) is 120 cm³/mol. The molecule has 188 valence electrons. The molecule has 1 saturated heterocycles. The number of carbonyl (C=O) groups excluding carboxylic acids is 4. The fourth-order valence-electron chi connectivity index (χ4n) is 3.70. The molecule has 13 nitrogen and oxygen atoms in total. The van der Waals surface area contributed by atoms with Gasteiger partial charge in [0.05, 0.1) is 12.4 Å². The number of aromatic nitrogens is 2. The Balaban J connectivity index is 2.23. The standard InChI is InChI=1S/C21H33N7O6/c1-11(2)17(23)19(31)26-13(5-6-16(22)29)18(30)27-14(8-12-9-24-10-25-12)20(32)28-7-3-4-15(28)21(33)34/h9-11,13-15,17H,3-8,23H2,1-2H3,(H2,22,29)(H,24,25)(H,26,31)(H,27,30)(H,33,34). The minimum Gasteiger partial charge on any atom is -0.480 e. The Labute approximate surface area is 197 Å². The molecule has 2 rings (SSSR count). The molecule has 0 radical (unpaired) electrons. The van der Waals surface area contributed by atoms with Crippen molar-refractivity contribution in [2.75, 3.05) is 6.54 Å². The zero-order valence-corrected chi connectivity index (χ0v) is 19.3. The zero-order chi connectivity index (χ0) is 25.4. The fraction of sp³-hybridized carbons (Fsp3) is 0.619. The first-order valence-electron chi connectivity index (χ1n) is 11.2. The molecule has 0 bridgehead atoms. The molecule has 1 fully saturated rings. The third-order valence-electron chi connectivity index (χ3n) is 5.75. The molecule has 4 atom stereocenters. The average molecular weight is 480 g/mol. The number of H-pyrrole nitrogens is 1. The van der Waals surface area contributed by atoms with Gasteiger partial charge in [-0.2, -0.15) is 0 Å². The summed E-state index contributed by atoms with van der Waals surface area (Å²) in [5.41, 5.74) is 11.6. The van der Waals surface area contributed by atoms with Crippen LogP contribution in [0.1, 0.15) is 45.2 Å². The third kappa shape index (κ3) is 7.27. The average Bonchev–Trinajstić information content (AvgIpc) is 3.46.